The van der Waals surface area contributed by atoms with Crippen LogP contribution in [0.25, 0.3) is 11.1 Å². The zero-order valence-corrected chi connectivity index (χ0v) is 15.4. The van der Waals surface area contributed by atoms with E-state index < -0.39 is 5.41 Å². The molecular weight excluding hydrogens is 354 g/mol. The zero-order chi connectivity index (χ0) is 19.4. The van der Waals surface area contributed by atoms with Crippen LogP contribution in [0.4, 0.5) is 5.69 Å². The van der Waals surface area contributed by atoms with Crippen LogP contribution < -0.4 is 10.5 Å². The summed E-state index contributed by atoms with van der Waals surface area (Å²) in [7, 11) is 0. The summed E-state index contributed by atoms with van der Waals surface area (Å²) >= 11 is 0. The normalized spacial score (nSPS) is 14.3. The maximum Gasteiger partial charge on any atom is 0.316 e. The van der Waals surface area contributed by atoms with Gasteiger partial charge in [0.05, 0.1) is 0 Å². The molecule has 6 heteroatoms. The summed E-state index contributed by atoms with van der Waals surface area (Å²) in [6, 6.07) is 17.4. The SMILES string of the molecule is Nc1ccc(-c2cnc(OCC3(C(=O)OCc4ccccc4)CC3)nc2)cc1. The van der Waals surface area contributed by atoms with Crippen LogP contribution >= 0.6 is 0 Å². The highest BCUT2D eigenvalue weighted by molar-refractivity contribution is 5.80. The van der Waals surface area contributed by atoms with Gasteiger partial charge >= 0.3 is 12.0 Å². The molecule has 1 aliphatic carbocycles. The largest absolute Gasteiger partial charge is 0.462 e. The number of aromatic nitrogens is 2. The number of nitrogen functional groups attached to an aromatic ring is 1. The van der Waals surface area contributed by atoms with E-state index >= 15 is 0 Å². The van der Waals surface area contributed by atoms with Crippen molar-refractivity contribution >= 4 is 11.7 Å². The van der Waals surface area contributed by atoms with E-state index in [9.17, 15) is 4.79 Å². The molecule has 0 saturated heterocycles. The second-order valence-corrected chi connectivity index (χ2v) is 7.01. The number of rotatable bonds is 7. The molecule has 1 saturated carbocycles. The number of benzene rings is 2. The third kappa shape index (κ3) is 4.11. The number of anilines is 1. The zero-order valence-electron chi connectivity index (χ0n) is 15.4. The molecule has 2 N–H and O–H groups in total. The summed E-state index contributed by atoms with van der Waals surface area (Å²) in [6.07, 6.45) is 4.90. The molecule has 0 atom stereocenters. The Morgan fingerprint density at radius 1 is 0.964 bits per heavy atom. The Labute approximate surface area is 163 Å². The van der Waals surface area contributed by atoms with Gasteiger partial charge in [0, 0.05) is 23.6 Å². The second kappa shape index (κ2) is 7.68. The third-order valence-corrected chi connectivity index (χ3v) is 4.85. The number of nitrogens with two attached hydrogens (primary N) is 1. The molecule has 1 fully saturated rings. The Bertz CT molecular complexity index is 937. The van der Waals surface area contributed by atoms with Crippen LogP contribution in [-0.2, 0) is 16.1 Å². The minimum Gasteiger partial charge on any atom is -0.462 e. The summed E-state index contributed by atoms with van der Waals surface area (Å²) < 4.78 is 11.1. The summed E-state index contributed by atoms with van der Waals surface area (Å²) in [5.41, 5.74) is 8.65. The summed E-state index contributed by atoms with van der Waals surface area (Å²) in [6.45, 7) is 0.496. The van der Waals surface area contributed by atoms with Crippen LogP contribution in [0, 0.1) is 5.41 Å². The van der Waals surface area contributed by atoms with Crippen molar-refractivity contribution in [3.05, 3.63) is 72.6 Å². The molecule has 28 heavy (non-hydrogen) atoms. The molecule has 1 heterocycles. The first-order valence-electron chi connectivity index (χ1n) is 9.17. The molecule has 0 amide bonds. The molecule has 0 bridgehead atoms. The molecule has 1 aliphatic rings. The summed E-state index contributed by atoms with van der Waals surface area (Å²) in [4.78, 5) is 20.9. The van der Waals surface area contributed by atoms with E-state index in [2.05, 4.69) is 9.97 Å². The summed E-state index contributed by atoms with van der Waals surface area (Å²) in [5.74, 6) is -0.227. The third-order valence-electron chi connectivity index (χ3n) is 4.85. The van der Waals surface area contributed by atoms with Gasteiger partial charge in [-0.25, -0.2) is 9.97 Å². The average Bonchev–Trinajstić information content (AvgIpc) is 3.54. The average molecular weight is 375 g/mol. The van der Waals surface area contributed by atoms with Gasteiger partial charge in [0.1, 0.15) is 18.6 Å². The van der Waals surface area contributed by atoms with Crippen LogP contribution in [0.1, 0.15) is 18.4 Å². The van der Waals surface area contributed by atoms with Gasteiger partial charge in [0.2, 0.25) is 0 Å². The first-order chi connectivity index (χ1) is 13.6. The van der Waals surface area contributed by atoms with Crippen LogP contribution in [0.5, 0.6) is 6.01 Å². The maximum absolute atomic E-state index is 12.4. The lowest BCUT2D eigenvalue weighted by molar-refractivity contribution is -0.152. The Hall–Kier alpha value is -3.41. The van der Waals surface area contributed by atoms with Crippen molar-refractivity contribution < 1.29 is 14.3 Å². The molecule has 3 aromatic rings. The summed E-state index contributed by atoms with van der Waals surface area (Å²) in [5, 5.41) is 0. The predicted octanol–water partition coefficient (Wildman–Crippen LogP) is 3.63. The number of carbonyl (C=O) groups is 1. The van der Waals surface area contributed by atoms with Crippen molar-refractivity contribution in [3.8, 4) is 17.1 Å². The Morgan fingerprint density at radius 2 is 1.64 bits per heavy atom. The van der Waals surface area contributed by atoms with Crippen molar-refractivity contribution in [1.29, 1.82) is 0 Å². The number of esters is 1. The van der Waals surface area contributed by atoms with E-state index in [-0.39, 0.29) is 25.2 Å². The smallest absolute Gasteiger partial charge is 0.316 e. The molecule has 2 aromatic carbocycles. The van der Waals surface area contributed by atoms with Crippen LogP contribution in [0.3, 0.4) is 0 Å². The standard InChI is InChI=1S/C22H21N3O3/c23-19-8-6-17(7-9-19)18-12-24-21(25-13-18)28-15-22(10-11-22)20(26)27-14-16-4-2-1-3-5-16/h1-9,12-13H,10-11,14-15,23H2. The van der Waals surface area contributed by atoms with Gasteiger partial charge in [0.25, 0.3) is 0 Å². The lowest BCUT2D eigenvalue weighted by atomic mass is 10.1. The van der Waals surface area contributed by atoms with Crippen molar-refractivity contribution in [3.63, 3.8) is 0 Å². The van der Waals surface area contributed by atoms with Crippen LogP contribution in [0.15, 0.2) is 67.0 Å². The minimum absolute atomic E-state index is 0.224. The van der Waals surface area contributed by atoms with E-state index in [0.717, 1.165) is 29.5 Å². The highest BCUT2D eigenvalue weighted by Gasteiger charge is 2.52. The van der Waals surface area contributed by atoms with Gasteiger partial charge in [0.15, 0.2) is 0 Å². The molecule has 0 radical (unpaired) electrons. The van der Waals surface area contributed by atoms with Gasteiger partial charge in [-0.2, -0.15) is 0 Å². The lowest BCUT2D eigenvalue weighted by Crippen LogP contribution is -2.26. The van der Waals surface area contributed by atoms with E-state index in [4.69, 9.17) is 15.2 Å². The fourth-order valence-corrected chi connectivity index (χ4v) is 2.85. The highest BCUT2D eigenvalue weighted by Crippen LogP contribution is 2.47. The molecule has 142 valence electrons. The fraction of sp³-hybridized carbons (Fsp3) is 0.227. The number of hydrogen-bond acceptors (Lipinski definition) is 6. The highest BCUT2D eigenvalue weighted by atomic mass is 16.5. The Balaban J connectivity index is 1.32. The number of ether oxygens (including phenoxy) is 2. The predicted molar refractivity (Wildman–Crippen MR) is 105 cm³/mol. The lowest BCUT2D eigenvalue weighted by Gasteiger charge is -2.14. The van der Waals surface area contributed by atoms with Gasteiger partial charge in [-0.15, -0.1) is 0 Å². The van der Waals surface area contributed by atoms with Gasteiger partial charge in [-0.05, 0) is 36.1 Å². The van der Waals surface area contributed by atoms with E-state index in [1.54, 1.807) is 12.4 Å². The van der Waals surface area contributed by atoms with E-state index in [1.807, 2.05) is 54.6 Å². The van der Waals surface area contributed by atoms with Gasteiger partial charge in [-0.1, -0.05) is 42.5 Å². The van der Waals surface area contributed by atoms with Crippen molar-refractivity contribution in [2.75, 3.05) is 12.3 Å². The fourth-order valence-electron chi connectivity index (χ4n) is 2.85. The topological polar surface area (TPSA) is 87.3 Å². The Morgan fingerprint density at radius 3 is 2.29 bits per heavy atom. The van der Waals surface area contributed by atoms with Crippen LogP contribution in [0.2, 0.25) is 0 Å². The molecule has 6 nitrogen and oxygen atoms in total. The number of nitrogens with zero attached hydrogens (tertiary/aromatic N) is 2. The monoisotopic (exact) mass is 375 g/mol. The van der Waals surface area contributed by atoms with E-state index in [0.29, 0.717) is 5.69 Å². The Kier molecular flexibility index (Phi) is 4.93. The first-order valence-corrected chi connectivity index (χ1v) is 9.17. The molecule has 0 unspecified atom stereocenters. The van der Waals surface area contributed by atoms with Crippen molar-refractivity contribution in [2.24, 2.45) is 5.41 Å². The molecule has 1 aromatic heterocycles. The number of hydrogen-bond donors (Lipinski definition) is 1. The quantitative estimate of drug-likeness (QED) is 0.501. The maximum atomic E-state index is 12.4. The number of carbonyl (C=O) groups excluding carboxylic acids is 1. The minimum atomic E-state index is -0.576. The second-order valence-electron chi connectivity index (χ2n) is 7.01. The molecular formula is C22H21N3O3. The van der Waals surface area contributed by atoms with E-state index in [1.165, 1.54) is 0 Å². The molecule has 0 aliphatic heterocycles. The first kappa shape index (κ1) is 18.0. The molecule has 0 spiro atoms. The van der Waals surface area contributed by atoms with Crippen molar-refractivity contribution in [1.82, 2.24) is 9.97 Å². The molecule has 4 rings (SSSR count). The van der Waals surface area contributed by atoms with Gasteiger partial charge < -0.3 is 15.2 Å². The van der Waals surface area contributed by atoms with Gasteiger partial charge in [-0.3, -0.25) is 4.79 Å². The van der Waals surface area contributed by atoms with Crippen molar-refractivity contribution in [2.45, 2.75) is 19.4 Å². The van der Waals surface area contributed by atoms with Crippen LogP contribution in [-0.4, -0.2) is 22.5 Å².